The van der Waals surface area contributed by atoms with Crippen molar-refractivity contribution in [1.29, 1.82) is 0 Å². The first kappa shape index (κ1) is 34.3. The van der Waals surface area contributed by atoms with Gasteiger partial charge in [0.1, 0.15) is 0 Å². The number of fused-ring (bicyclic) bond motifs is 4. The monoisotopic (exact) mass is 686 g/mol. The van der Waals surface area contributed by atoms with Crippen LogP contribution in [-0.4, -0.2) is 97.5 Å². The molecule has 4 aliphatic heterocycles. The molecule has 2 fully saturated rings. The minimum atomic E-state index is -0.0989. The SMILES string of the molecule is C=C1C[C@H]2C=Nc3cc(OCCC(CCOc4cc5c(cc4OC)C(=O)N4CC(=C)C[C@H]4C=N5)CCSC(C)=O)c(OC)cc3C(=O)N2C1. The average Bonchev–Trinajstić information content (AvgIpc) is 3.59. The van der Waals surface area contributed by atoms with Crippen LogP contribution >= 0.6 is 11.8 Å². The Morgan fingerprint density at radius 1 is 0.796 bits per heavy atom. The van der Waals surface area contributed by atoms with Gasteiger partial charge in [0.15, 0.2) is 28.1 Å². The molecule has 258 valence electrons. The van der Waals surface area contributed by atoms with Crippen molar-refractivity contribution >= 4 is 52.5 Å². The first-order valence-electron chi connectivity index (χ1n) is 16.5. The Bertz CT molecular complexity index is 1620. The second-order valence-corrected chi connectivity index (χ2v) is 14.0. The average molecular weight is 687 g/mol. The molecular weight excluding hydrogens is 644 g/mol. The minimum Gasteiger partial charge on any atom is -0.493 e. The van der Waals surface area contributed by atoms with Crippen LogP contribution in [0.1, 0.15) is 59.7 Å². The van der Waals surface area contributed by atoms with Gasteiger partial charge in [0.25, 0.3) is 11.8 Å². The molecule has 0 bridgehead atoms. The third-order valence-corrected chi connectivity index (χ3v) is 10.1. The van der Waals surface area contributed by atoms with Crippen LogP contribution in [0.2, 0.25) is 0 Å². The summed E-state index contributed by atoms with van der Waals surface area (Å²) in [6.45, 7) is 11.5. The van der Waals surface area contributed by atoms with Crippen LogP contribution in [0.15, 0.2) is 58.6 Å². The fraction of sp³-hybridized carbons (Fsp3) is 0.432. The van der Waals surface area contributed by atoms with E-state index in [2.05, 4.69) is 23.1 Å². The van der Waals surface area contributed by atoms with E-state index in [4.69, 9.17) is 18.9 Å². The van der Waals surface area contributed by atoms with Crippen LogP contribution in [0, 0.1) is 5.92 Å². The molecule has 0 spiro atoms. The molecule has 12 heteroatoms. The fourth-order valence-corrected chi connectivity index (χ4v) is 7.42. The Morgan fingerprint density at radius 3 is 1.69 bits per heavy atom. The van der Waals surface area contributed by atoms with Crippen molar-refractivity contribution in [2.24, 2.45) is 15.9 Å². The van der Waals surface area contributed by atoms with Gasteiger partial charge in [0.2, 0.25) is 0 Å². The molecule has 11 nitrogen and oxygen atoms in total. The number of methoxy groups -OCH3 is 2. The summed E-state index contributed by atoms with van der Waals surface area (Å²) in [5, 5.41) is 0.0791. The van der Waals surface area contributed by atoms with Crippen molar-refractivity contribution in [3.05, 3.63) is 59.7 Å². The number of hydrogen-bond acceptors (Lipinski definition) is 10. The van der Waals surface area contributed by atoms with Crippen LogP contribution in [-0.2, 0) is 4.79 Å². The van der Waals surface area contributed by atoms with Crippen LogP contribution in [0.5, 0.6) is 23.0 Å². The van der Waals surface area contributed by atoms with Crippen molar-refractivity contribution in [1.82, 2.24) is 9.80 Å². The third-order valence-electron chi connectivity index (χ3n) is 9.30. The second kappa shape index (κ2) is 14.9. The smallest absolute Gasteiger partial charge is 0.257 e. The topological polar surface area (TPSA) is 119 Å². The molecule has 0 N–H and O–H groups in total. The summed E-state index contributed by atoms with van der Waals surface area (Å²) in [5.41, 5.74) is 4.08. The van der Waals surface area contributed by atoms with Gasteiger partial charge in [-0.2, -0.15) is 0 Å². The number of thioether (sulfide) groups is 1. The molecule has 2 saturated heterocycles. The lowest BCUT2D eigenvalue weighted by molar-refractivity contribution is -0.109. The van der Waals surface area contributed by atoms with Crippen molar-refractivity contribution in [3.8, 4) is 23.0 Å². The number of rotatable bonds is 13. The number of hydrogen-bond donors (Lipinski definition) is 0. The van der Waals surface area contributed by atoms with E-state index in [1.807, 2.05) is 12.4 Å². The molecule has 0 radical (unpaired) electrons. The maximum absolute atomic E-state index is 13.3. The van der Waals surface area contributed by atoms with Gasteiger partial charge in [-0.1, -0.05) is 36.1 Å². The summed E-state index contributed by atoms with van der Waals surface area (Å²) in [6.07, 6.45) is 7.23. The molecule has 2 aromatic carbocycles. The summed E-state index contributed by atoms with van der Waals surface area (Å²) < 4.78 is 23.7. The highest BCUT2D eigenvalue weighted by atomic mass is 32.2. The van der Waals surface area contributed by atoms with E-state index >= 15 is 0 Å². The summed E-state index contributed by atoms with van der Waals surface area (Å²) in [7, 11) is 3.11. The van der Waals surface area contributed by atoms with E-state index in [1.165, 1.54) is 11.8 Å². The van der Waals surface area contributed by atoms with Crippen LogP contribution in [0.3, 0.4) is 0 Å². The van der Waals surface area contributed by atoms with Gasteiger partial charge >= 0.3 is 0 Å². The molecule has 0 unspecified atom stereocenters. The normalized spacial score (nSPS) is 19.3. The van der Waals surface area contributed by atoms with Gasteiger partial charge in [-0.15, -0.1) is 0 Å². The zero-order valence-corrected chi connectivity index (χ0v) is 29.1. The van der Waals surface area contributed by atoms with Crippen LogP contribution in [0.25, 0.3) is 0 Å². The van der Waals surface area contributed by atoms with E-state index < -0.39 is 0 Å². The molecule has 49 heavy (non-hydrogen) atoms. The van der Waals surface area contributed by atoms with Gasteiger partial charge in [-0.25, -0.2) is 0 Å². The Labute approximate surface area is 291 Å². The number of ether oxygens (including phenoxy) is 4. The molecule has 2 amide bonds. The molecule has 0 aromatic heterocycles. The van der Waals surface area contributed by atoms with Crippen molar-refractivity contribution in [2.45, 2.75) is 51.1 Å². The fourth-order valence-electron chi connectivity index (χ4n) is 6.68. The van der Waals surface area contributed by atoms with Gasteiger partial charge in [-0.3, -0.25) is 24.4 Å². The van der Waals surface area contributed by atoms with E-state index in [9.17, 15) is 14.4 Å². The molecule has 6 rings (SSSR count). The lowest BCUT2D eigenvalue weighted by Crippen LogP contribution is -2.35. The highest BCUT2D eigenvalue weighted by molar-refractivity contribution is 8.13. The van der Waals surface area contributed by atoms with E-state index in [-0.39, 0.29) is 34.9 Å². The zero-order valence-electron chi connectivity index (χ0n) is 28.2. The highest BCUT2D eigenvalue weighted by Crippen LogP contribution is 2.40. The van der Waals surface area contributed by atoms with Gasteiger partial charge < -0.3 is 28.7 Å². The number of benzene rings is 2. The molecule has 4 heterocycles. The highest BCUT2D eigenvalue weighted by Gasteiger charge is 2.35. The second-order valence-electron chi connectivity index (χ2n) is 12.8. The predicted molar refractivity (Wildman–Crippen MR) is 191 cm³/mol. The lowest BCUT2D eigenvalue weighted by atomic mass is 9.99. The summed E-state index contributed by atoms with van der Waals surface area (Å²) in [6, 6.07) is 6.74. The Hall–Kier alpha value is -4.58. The maximum atomic E-state index is 13.3. The molecule has 2 atom stereocenters. The largest absolute Gasteiger partial charge is 0.493 e. The molecule has 0 aliphatic carbocycles. The minimum absolute atomic E-state index is 0.0791. The predicted octanol–water partition coefficient (Wildman–Crippen LogP) is 6.20. The summed E-state index contributed by atoms with van der Waals surface area (Å²) in [5.74, 6) is 2.64. The molecule has 0 saturated carbocycles. The van der Waals surface area contributed by atoms with Gasteiger partial charge in [0.05, 0.1) is 62.0 Å². The lowest BCUT2D eigenvalue weighted by Gasteiger charge is -2.21. The third kappa shape index (κ3) is 7.54. The summed E-state index contributed by atoms with van der Waals surface area (Å²) >= 11 is 1.31. The quantitative estimate of drug-likeness (QED) is 0.229. The first-order valence-corrected chi connectivity index (χ1v) is 17.5. The Kier molecular flexibility index (Phi) is 10.4. The molecular formula is C37H42N4O7S. The van der Waals surface area contributed by atoms with E-state index in [1.54, 1.807) is 55.2 Å². The van der Waals surface area contributed by atoms with Crippen molar-refractivity contribution in [3.63, 3.8) is 0 Å². The Morgan fingerprint density at radius 2 is 1.27 bits per heavy atom. The summed E-state index contributed by atoms with van der Waals surface area (Å²) in [4.78, 5) is 51.1. The standard InChI is InChI=1S/C37H42N4O7S/c1-22-12-26-18-38-30-16-34(32(45-4)14-28(30)36(43)40(26)20-22)47-9-6-25(8-11-49-24(3)42)7-10-48-35-17-31-29(15-33(35)46-5)37(44)41-21-23(2)13-27(41)19-39-31/h14-19,25-27H,1-2,6-13,20-21H2,3-5H3/t26-,27-/m0/s1. The van der Waals surface area contributed by atoms with Gasteiger partial charge in [0, 0.05) is 50.3 Å². The van der Waals surface area contributed by atoms with E-state index in [0.29, 0.717) is 103 Å². The zero-order chi connectivity index (χ0) is 34.7. The molecule has 2 aromatic rings. The van der Waals surface area contributed by atoms with Crippen LogP contribution in [0.4, 0.5) is 11.4 Å². The number of nitrogens with zero attached hydrogens (tertiary/aromatic N) is 4. The van der Waals surface area contributed by atoms with Crippen molar-refractivity contribution < 1.29 is 33.3 Å². The Balaban J connectivity index is 1.11. The van der Waals surface area contributed by atoms with Crippen LogP contribution < -0.4 is 18.9 Å². The number of aliphatic imine (C=N–C) groups is 2. The maximum Gasteiger partial charge on any atom is 0.257 e. The number of carbonyl (C=O) groups is 3. The van der Waals surface area contributed by atoms with Gasteiger partial charge in [-0.05, 0) is 50.2 Å². The molecule has 4 aliphatic rings. The number of amides is 2. The first-order chi connectivity index (χ1) is 23.6. The van der Waals surface area contributed by atoms with E-state index in [0.717, 1.165) is 17.6 Å². The van der Waals surface area contributed by atoms with Crippen molar-refractivity contribution in [2.75, 3.05) is 46.3 Å². The number of carbonyl (C=O) groups excluding carboxylic acids is 3.